The molecule has 1 unspecified atom stereocenters. The summed E-state index contributed by atoms with van der Waals surface area (Å²) in [5, 5.41) is 7.62. The molecule has 0 spiro atoms. The van der Waals surface area contributed by atoms with Crippen molar-refractivity contribution in [2.24, 2.45) is 0 Å². The van der Waals surface area contributed by atoms with Crippen LogP contribution in [0.2, 0.25) is 5.02 Å². The molecule has 0 radical (unpaired) electrons. The van der Waals surface area contributed by atoms with Crippen LogP contribution in [0, 0.1) is 0 Å². The molecular weight excluding hydrogens is 288 g/mol. The van der Waals surface area contributed by atoms with Crippen LogP contribution < -0.4 is 5.32 Å². The number of halogens is 1. The minimum absolute atomic E-state index is 0.396. The first-order valence-electron chi connectivity index (χ1n) is 6.76. The summed E-state index contributed by atoms with van der Waals surface area (Å²) >= 11 is 8.05. The highest BCUT2D eigenvalue weighted by molar-refractivity contribution is 7.10. The standard InChI is InChI=1S/C16H17ClN2S/c1-12(16-7-4-10-20-16)18-8-9-19-11-14(17)13-5-2-3-6-15(13)19/h2-7,10-12,18H,8-9H2,1H3. The first kappa shape index (κ1) is 13.7. The molecule has 104 valence electrons. The summed E-state index contributed by atoms with van der Waals surface area (Å²) < 4.78 is 2.21. The average molecular weight is 305 g/mol. The van der Waals surface area contributed by atoms with Crippen LogP contribution in [-0.2, 0) is 6.54 Å². The van der Waals surface area contributed by atoms with E-state index in [4.69, 9.17) is 11.6 Å². The van der Waals surface area contributed by atoms with Crippen LogP contribution in [-0.4, -0.2) is 11.1 Å². The van der Waals surface area contributed by atoms with Crippen molar-refractivity contribution >= 4 is 33.8 Å². The Bertz CT molecular complexity index is 688. The maximum absolute atomic E-state index is 6.26. The summed E-state index contributed by atoms with van der Waals surface area (Å²) in [6, 6.07) is 12.9. The highest BCUT2D eigenvalue weighted by Crippen LogP contribution is 2.25. The van der Waals surface area contributed by atoms with Crippen molar-refractivity contribution in [1.82, 2.24) is 9.88 Å². The molecule has 0 aliphatic rings. The zero-order valence-electron chi connectivity index (χ0n) is 11.3. The van der Waals surface area contributed by atoms with Crippen molar-refractivity contribution < 1.29 is 0 Å². The lowest BCUT2D eigenvalue weighted by molar-refractivity contribution is 0.543. The Morgan fingerprint density at radius 2 is 2.10 bits per heavy atom. The highest BCUT2D eigenvalue weighted by Gasteiger charge is 2.07. The van der Waals surface area contributed by atoms with Crippen molar-refractivity contribution in [2.45, 2.75) is 19.5 Å². The summed E-state index contributed by atoms with van der Waals surface area (Å²) in [7, 11) is 0. The fourth-order valence-corrected chi connectivity index (χ4v) is 3.46. The van der Waals surface area contributed by atoms with Gasteiger partial charge in [0.1, 0.15) is 0 Å². The number of fused-ring (bicyclic) bond motifs is 1. The Balaban J connectivity index is 1.66. The van der Waals surface area contributed by atoms with Gasteiger partial charge in [0.25, 0.3) is 0 Å². The molecule has 0 aliphatic carbocycles. The van der Waals surface area contributed by atoms with Gasteiger partial charge in [-0.25, -0.2) is 0 Å². The van der Waals surface area contributed by atoms with Crippen LogP contribution in [0.15, 0.2) is 48.0 Å². The summed E-state index contributed by atoms with van der Waals surface area (Å²) in [6.07, 6.45) is 2.02. The zero-order chi connectivity index (χ0) is 13.9. The Morgan fingerprint density at radius 3 is 2.90 bits per heavy atom. The van der Waals surface area contributed by atoms with E-state index in [0.717, 1.165) is 23.5 Å². The minimum Gasteiger partial charge on any atom is -0.345 e. The molecule has 1 aromatic carbocycles. The Kier molecular flexibility index (Phi) is 4.10. The van der Waals surface area contributed by atoms with Gasteiger partial charge in [0.05, 0.1) is 5.02 Å². The number of hydrogen-bond acceptors (Lipinski definition) is 2. The fourth-order valence-electron chi connectivity index (χ4n) is 2.43. The largest absolute Gasteiger partial charge is 0.345 e. The lowest BCUT2D eigenvalue weighted by Crippen LogP contribution is -2.22. The Labute approximate surface area is 128 Å². The molecule has 0 saturated carbocycles. The number of thiophene rings is 1. The quantitative estimate of drug-likeness (QED) is 0.722. The van der Waals surface area contributed by atoms with Crippen molar-refractivity contribution in [3.63, 3.8) is 0 Å². The minimum atomic E-state index is 0.396. The van der Waals surface area contributed by atoms with Crippen molar-refractivity contribution in [1.29, 1.82) is 0 Å². The second kappa shape index (κ2) is 6.00. The normalized spacial score (nSPS) is 12.9. The van der Waals surface area contributed by atoms with Gasteiger partial charge in [-0.1, -0.05) is 35.9 Å². The van der Waals surface area contributed by atoms with Crippen molar-refractivity contribution in [2.75, 3.05) is 6.54 Å². The first-order valence-corrected chi connectivity index (χ1v) is 8.01. The van der Waals surface area contributed by atoms with Crippen molar-refractivity contribution in [3.05, 3.63) is 57.9 Å². The molecule has 0 bridgehead atoms. The second-order valence-corrected chi connectivity index (χ2v) is 6.27. The maximum Gasteiger partial charge on any atom is 0.0661 e. The number of benzene rings is 1. The Hall–Kier alpha value is -1.29. The molecular formula is C16H17ClN2S. The van der Waals surface area contributed by atoms with E-state index in [1.54, 1.807) is 11.3 Å². The van der Waals surface area contributed by atoms with Crippen LogP contribution in [0.1, 0.15) is 17.8 Å². The number of nitrogens with zero attached hydrogens (tertiary/aromatic N) is 1. The van der Waals surface area contributed by atoms with Crippen LogP contribution >= 0.6 is 22.9 Å². The summed E-state index contributed by atoms with van der Waals surface area (Å²) in [4.78, 5) is 1.38. The number of rotatable bonds is 5. The summed E-state index contributed by atoms with van der Waals surface area (Å²) in [5.74, 6) is 0. The number of nitrogens with one attached hydrogen (secondary N) is 1. The highest BCUT2D eigenvalue weighted by atomic mass is 35.5. The SMILES string of the molecule is CC(NCCn1cc(Cl)c2ccccc21)c1cccs1. The van der Waals surface area contributed by atoms with E-state index in [-0.39, 0.29) is 0 Å². The van der Waals surface area contributed by atoms with E-state index in [1.165, 1.54) is 10.4 Å². The van der Waals surface area contributed by atoms with Gasteiger partial charge in [0.15, 0.2) is 0 Å². The molecule has 2 heterocycles. The number of para-hydroxylation sites is 1. The lowest BCUT2D eigenvalue weighted by Gasteiger charge is -2.13. The molecule has 0 aliphatic heterocycles. The van der Waals surface area contributed by atoms with Gasteiger partial charge in [-0.15, -0.1) is 11.3 Å². The van der Waals surface area contributed by atoms with E-state index < -0.39 is 0 Å². The van der Waals surface area contributed by atoms with Gasteiger partial charge < -0.3 is 9.88 Å². The summed E-state index contributed by atoms with van der Waals surface area (Å²) in [6.45, 7) is 4.05. The fraction of sp³-hybridized carbons (Fsp3) is 0.250. The van der Waals surface area contributed by atoms with Crippen molar-refractivity contribution in [3.8, 4) is 0 Å². The molecule has 2 aromatic heterocycles. The molecule has 1 N–H and O–H groups in total. The van der Waals surface area contributed by atoms with Gasteiger partial charge in [0, 0.05) is 41.1 Å². The first-order chi connectivity index (χ1) is 9.75. The average Bonchev–Trinajstić information content (AvgIpc) is 3.09. The molecule has 1 atom stereocenters. The molecule has 0 amide bonds. The monoisotopic (exact) mass is 304 g/mol. The molecule has 3 rings (SSSR count). The Morgan fingerprint density at radius 1 is 1.25 bits per heavy atom. The molecule has 2 nitrogen and oxygen atoms in total. The molecule has 20 heavy (non-hydrogen) atoms. The van der Waals surface area contributed by atoms with Gasteiger partial charge in [-0.3, -0.25) is 0 Å². The van der Waals surface area contributed by atoms with Crippen LogP contribution in [0.5, 0.6) is 0 Å². The molecule has 0 fully saturated rings. The number of hydrogen-bond donors (Lipinski definition) is 1. The van der Waals surface area contributed by atoms with E-state index in [9.17, 15) is 0 Å². The molecule has 3 aromatic rings. The summed E-state index contributed by atoms with van der Waals surface area (Å²) in [5.41, 5.74) is 1.20. The van der Waals surface area contributed by atoms with E-state index in [2.05, 4.69) is 52.5 Å². The van der Waals surface area contributed by atoms with E-state index >= 15 is 0 Å². The van der Waals surface area contributed by atoms with Gasteiger partial charge in [0.2, 0.25) is 0 Å². The van der Waals surface area contributed by atoms with Crippen LogP contribution in [0.3, 0.4) is 0 Å². The van der Waals surface area contributed by atoms with Crippen LogP contribution in [0.25, 0.3) is 10.9 Å². The molecule has 0 saturated heterocycles. The van der Waals surface area contributed by atoms with E-state index in [0.29, 0.717) is 6.04 Å². The second-order valence-electron chi connectivity index (χ2n) is 4.88. The number of aromatic nitrogens is 1. The maximum atomic E-state index is 6.26. The smallest absolute Gasteiger partial charge is 0.0661 e. The third kappa shape index (κ3) is 2.75. The third-order valence-electron chi connectivity index (χ3n) is 3.51. The van der Waals surface area contributed by atoms with Gasteiger partial charge in [-0.05, 0) is 24.4 Å². The topological polar surface area (TPSA) is 17.0 Å². The zero-order valence-corrected chi connectivity index (χ0v) is 12.9. The predicted molar refractivity (Wildman–Crippen MR) is 87.7 cm³/mol. The van der Waals surface area contributed by atoms with E-state index in [1.807, 2.05) is 12.3 Å². The molecule has 4 heteroatoms. The lowest BCUT2D eigenvalue weighted by atomic mass is 10.2. The third-order valence-corrected chi connectivity index (χ3v) is 4.87. The van der Waals surface area contributed by atoms with Gasteiger partial charge in [-0.2, -0.15) is 0 Å². The van der Waals surface area contributed by atoms with Gasteiger partial charge >= 0.3 is 0 Å². The predicted octanol–water partition coefficient (Wildman–Crippen LogP) is 4.71. The van der Waals surface area contributed by atoms with Crippen LogP contribution in [0.4, 0.5) is 0 Å².